The monoisotopic (exact) mass is 551 g/mol. The van der Waals surface area contributed by atoms with E-state index in [-0.39, 0.29) is 11.9 Å². The van der Waals surface area contributed by atoms with Gasteiger partial charge >= 0.3 is 5.97 Å². The standard InChI is InChI=1S/C30H21N3O4S2/c1-2-36-30(35)21-12-10-19(11-13-21)24-15-14-23(37-24)17-22(18-31)28-32-26(25-9-6-16-38-25)29(39-28)33-27(34)20-7-4-3-5-8-20/h3-17H,2H2,1H3,(H,33,34)/b22-17+. The highest BCUT2D eigenvalue weighted by atomic mass is 32.1. The summed E-state index contributed by atoms with van der Waals surface area (Å²) in [5, 5.41) is 15.9. The van der Waals surface area contributed by atoms with Crippen LogP contribution < -0.4 is 5.32 Å². The molecule has 0 atom stereocenters. The van der Waals surface area contributed by atoms with Crippen LogP contribution in [0.25, 0.3) is 33.5 Å². The second kappa shape index (κ2) is 11.7. The summed E-state index contributed by atoms with van der Waals surface area (Å²) in [5.41, 5.74) is 2.67. The predicted octanol–water partition coefficient (Wildman–Crippen LogP) is 7.62. The number of esters is 1. The average Bonchev–Trinajstić information content (AvgIpc) is 3.74. The zero-order chi connectivity index (χ0) is 27.2. The largest absolute Gasteiger partial charge is 0.462 e. The Morgan fingerprint density at radius 1 is 1.03 bits per heavy atom. The lowest BCUT2D eigenvalue weighted by molar-refractivity contribution is 0.0526. The highest BCUT2D eigenvalue weighted by Crippen LogP contribution is 2.39. The van der Waals surface area contributed by atoms with Crippen molar-refractivity contribution in [1.29, 1.82) is 5.26 Å². The summed E-state index contributed by atoms with van der Waals surface area (Å²) in [6, 6.07) is 25.4. The van der Waals surface area contributed by atoms with Crippen LogP contribution in [0, 0.1) is 11.3 Å². The number of carbonyl (C=O) groups excluding carboxylic acids is 2. The van der Waals surface area contributed by atoms with Gasteiger partial charge in [-0.3, -0.25) is 4.79 Å². The zero-order valence-corrected chi connectivity index (χ0v) is 22.3. The van der Waals surface area contributed by atoms with E-state index in [1.54, 1.807) is 73.7 Å². The van der Waals surface area contributed by atoms with E-state index >= 15 is 0 Å². The number of hydrogen-bond donors (Lipinski definition) is 1. The van der Waals surface area contributed by atoms with Gasteiger partial charge in [-0.25, -0.2) is 9.78 Å². The highest BCUT2D eigenvalue weighted by Gasteiger charge is 2.20. The Hall–Kier alpha value is -4.78. The van der Waals surface area contributed by atoms with Gasteiger partial charge in [0.05, 0.1) is 22.6 Å². The molecule has 39 heavy (non-hydrogen) atoms. The molecule has 0 saturated carbocycles. The molecular weight excluding hydrogens is 530 g/mol. The predicted molar refractivity (Wildman–Crippen MR) is 153 cm³/mol. The summed E-state index contributed by atoms with van der Waals surface area (Å²) in [6.45, 7) is 2.07. The van der Waals surface area contributed by atoms with Gasteiger partial charge in [-0.05, 0) is 54.8 Å². The van der Waals surface area contributed by atoms with E-state index in [1.807, 2.05) is 23.6 Å². The van der Waals surface area contributed by atoms with Gasteiger partial charge in [0.15, 0.2) is 0 Å². The molecule has 5 aromatic rings. The molecule has 0 aliphatic carbocycles. The van der Waals surface area contributed by atoms with Gasteiger partial charge < -0.3 is 14.5 Å². The fourth-order valence-electron chi connectivity index (χ4n) is 3.72. The Labute approximate surface area is 232 Å². The number of carbonyl (C=O) groups is 2. The average molecular weight is 552 g/mol. The van der Waals surface area contributed by atoms with Crippen LogP contribution in [0.5, 0.6) is 0 Å². The van der Waals surface area contributed by atoms with Gasteiger partial charge in [0.1, 0.15) is 33.3 Å². The Bertz CT molecular complexity index is 1680. The Morgan fingerprint density at radius 3 is 2.51 bits per heavy atom. The van der Waals surface area contributed by atoms with Crippen LogP contribution in [0.1, 0.15) is 38.4 Å². The summed E-state index contributed by atoms with van der Waals surface area (Å²) >= 11 is 2.73. The molecule has 0 saturated heterocycles. The van der Waals surface area contributed by atoms with Crippen molar-refractivity contribution in [2.75, 3.05) is 11.9 Å². The molecule has 1 N–H and O–H groups in total. The van der Waals surface area contributed by atoms with Crippen LogP contribution in [-0.2, 0) is 4.74 Å². The molecule has 0 fully saturated rings. The third-order valence-corrected chi connectivity index (χ3v) is 7.47. The SMILES string of the molecule is CCOC(=O)c1ccc(-c2ccc(/C=C(\C#N)c3nc(-c4cccs4)c(NC(=O)c4ccccc4)s3)o2)cc1. The lowest BCUT2D eigenvalue weighted by Gasteiger charge is -2.04. The van der Waals surface area contributed by atoms with Crippen molar-refractivity contribution < 1.29 is 18.7 Å². The molecule has 0 aliphatic heterocycles. The fraction of sp³-hybridized carbons (Fsp3) is 0.0667. The Morgan fingerprint density at radius 2 is 1.82 bits per heavy atom. The molecule has 5 rings (SSSR count). The molecule has 3 heterocycles. The molecule has 3 aromatic heterocycles. The van der Waals surface area contributed by atoms with Gasteiger partial charge in [0.25, 0.3) is 5.91 Å². The third-order valence-electron chi connectivity index (χ3n) is 5.59. The number of thiophene rings is 1. The van der Waals surface area contributed by atoms with Crippen LogP contribution in [0.4, 0.5) is 5.00 Å². The van der Waals surface area contributed by atoms with Crippen molar-refractivity contribution >= 4 is 51.2 Å². The van der Waals surface area contributed by atoms with E-state index in [1.165, 1.54) is 22.7 Å². The van der Waals surface area contributed by atoms with Crippen molar-refractivity contribution in [3.8, 4) is 28.0 Å². The normalized spacial score (nSPS) is 11.1. The molecule has 0 unspecified atom stereocenters. The summed E-state index contributed by atoms with van der Waals surface area (Å²) in [4.78, 5) is 30.4. The molecule has 1 amide bonds. The van der Waals surface area contributed by atoms with E-state index in [9.17, 15) is 14.9 Å². The van der Waals surface area contributed by atoms with Gasteiger partial charge in [-0.15, -0.1) is 11.3 Å². The maximum atomic E-state index is 12.9. The first-order valence-corrected chi connectivity index (χ1v) is 13.7. The maximum Gasteiger partial charge on any atom is 0.338 e. The Balaban J connectivity index is 1.42. The first-order valence-electron chi connectivity index (χ1n) is 12.0. The second-order valence-electron chi connectivity index (χ2n) is 8.16. The van der Waals surface area contributed by atoms with Gasteiger partial charge in [-0.1, -0.05) is 47.7 Å². The Kier molecular flexibility index (Phi) is 7.78. The number of aromatic nitrogens is 1. The number of benzene rings is 2. The van der Waals surface area contributed by atoms with E-state index in [4.69, 9.17) is 14.1 Å². The van der Waals surface area contributed by atoms with Gasteiger partial charge in [0, 0.05) is 17.2 Å². The van der Waals surface area contributed by atoms with Crippen molar-refractivity contribution in [3.63, 3.8) is 0 Å². The zero-order valence-electron chi connectivity index (χ0n) is 20.7. The second-order valence-corrected chi connectivity index (χ2v) is 10.1. The number of furan rings is 1. The van der Waals surface area contributed by atoms with Crippen LogP contribution in [0.2, 0.25) is 0 Å². The quantitative estimate of drug-likeness (QED) is 0.157. The van der Waals surface area contributed by atoms with Crippen LogP contribution in [-0.4, -0.2) is 23.5 Å². The van der Waals surface area contributed by atoms with E-state index in [0.717, 1.165) is 10.4 Å². The number of allylic oxidation sites excluding steroid dienone is 1. The first kappa shape index (κ1) is 25.9. The number of rotatable bonds is 8. The maximum absolute atomic E-state index is 12.9. The lowest BCUT2D eigenvalue weighted by Crippen LogP contribution is -2.11. The van der Waals surface area contributed by atoms with Crippen molar-refractivity contribution in [2.45, 2.75) is 6.92 Å². The van der Waals surface area contributed by atoms with Crippen LogP contribution in [0.15, 0.2) is 88.7 Å². The number of anilines is 1. The molecule has 0 bridgehead atoms. The number of nitrogens with zero attached hydrogens (tertiary/aromatic N) is 2. The summed E-state index contributed by atoms with van der Waals surface area (Å²) < 4.78 is 11.0. The molecule has 2 aromatic carbocycles. The van der Waals surface area contributed by atoms with Crippen LogP contribution in [0.3, 0.4) is 0 Å². The number of nitrogens with one attached hydrogen (secondary N) is 1. The number of hydrogen-bond acceptors (Lipinski definition) is 8. The molecule has 0 radical (unpaired) electrons. The van der Waals surface area contributed by atoms with Crippen molar-refractivity contribution in [2.24, 2.45) is 0 Å². The smallest absolute Gasteiger partial charge is 0.338 e. The van der Waals surface area contributed by atoms with E-state index in [2.05, 4.69) is 11.4 Å². The van der Waals surface area contributed by atoms with Crippen molar-refractivity contribution in [3.05, 3.63) is 106 Å². The van der Waals surface area contributed by atoms with E-state index in [0.29, 0.717) is 50.5 Å². The topological polar surface area (TPSA) is 105 Å². The van der Waals surface area contributed by atoms with Crippen LogP contribution >= 0.6 is 22.7 Å². The van der Waals surface area contributed by atoms with Gasteiger partial charge in [0.2, 0.25) is 0 Å². The highest BCUT2D eigenvalue weighted by molar-refractivity contribution is 7.19. The minimum Gasteiger partial charge on any atom is -0.462 e. The molecular formula is C30H21N3O4S2. The minimum atomic E-state index is -0.379. The summed E-state index contributed by atoms with van der Waals surface area (Å²) in [6.07, 6.45) is 1.62. The number of amides is 1. The van der Waals surface area contributed by atoms with Crippen molar-refractivity contribution in [1.82, 2.24) is 4.98 Å². The summed E-state index contributed by atoms with van der Waals surface area (Å²) in [5.74, 6) is 0.424. The summed E-state index contributed by atoms with van der Waals surface area (Å²) in [7, 11) is 0. The number of ether oxygens (including phenoxy) is 1. The molecule has 9 heteroatoms. The first-order chi connectivity index (χ1) is 19.1. The fourth-order valence-corrected chi connectivity index (χ4v) is 5.45. The molecule has 0 aliphatic rings. The molecule has 7 nitrogen and oxygen atoms in total. The number of nitriles is 1. The van der Waals surface area contributed by atoms with Gasteiger partial charge in [-0.2, -0.15) is 5.26 Å². The molecule has 192 valence electrons. The minimum absolute atomic E-state index is 0.254. The molecule has 0 spiro atoms. The lowest BCUT2D eigenvalue weighted by atomic mass is 10.1. The number of thiazole rings is 1. The third kappa shape index (κ3) is 5.88. The van der Waals surface area contributed by atoms with E-state index < -0.39 is 0 Å².